The van der Waals surface area contributed by atoms with Crippen molar-refractivity contribution in [1.82, 2.24) is 9.47 Å². The maximum atomic E-state index is 13.2. The van der Waals surface area contributed by atoms with Crippen molar-refractivity contribution in [3.63, 3.8) is 0 Å². The average Bonchev–Trinajstić information content (AvgIpc) is 3.24. The smallest absolute Gasteiger partial charge is 0.293 e. The van der Waals surface area contributed by atoms with Gasteiger partial charge in [0.1, 0.15) is 5.82 Å². The molecule has 1 saturated heterocycles. The first kappa shape index (κ1) is 18.0. The van der Waals surface area contributed by atoms with Gasteiger partial charge in [-0.25, -0.2) is 4.39 Å². The molecule has 0 bridgehead atoms. The van der Waals surface area contributed by atoms with Crippen molar-refractivity contribution in [2.24, 2.45) is 5.92 Å². The van der Waals surface area contributed by atoms with Gasteiger partial charge >= 0.3 is 0 Å². The molecule has 2 aromatic rings. The largest absolute Gasteiger partial charge is 0.317 e. The first-order valence-corrected chi connectivity index (χ1v) is 10.1. The standard InChI is InChI=1S/C21H21FN2O2S/c22-16-8-10-17(11-9-16)23-12-4-7-18(23)13-19-20(25)24(21(26)27-19)14-15-5-2-1-3-6-15/h4,7-13,15H,1-3,5-6,14H2/b19-13+. The molecule has 2 fully saturated rings. The second-order valence-corrected chi connectivity index (χ2v) is 8.07. The maximum Gasteiger partial charge on any atom is 0.293 e. The number of carbonyl (C=O) groups excluding carboxylic acids is 2. The third-order valence-corrected chi connectivity index (χ3v) is 6.11. The van der Waals surface area contributed by atoms with Gasteiger partial charge in [-0.05, 0) is 73.0 Å². The fourth-order valence-electron chi connectivity index (χ4n) is 3.77. The summed E-state index contributed by atoms with van der Waals surface area (Å²) in [4.78, 5) is 27.0. The van der Waals surface area contributed by atoms with Crippen LogP contribution in [0.1, 0.15) is 37.8 Å². The van der Waals surface area contributed by atoms with Crippen molar-refractivity contribution in [2.75, 3.05) is 6.54 Å². The van der Waals surface area contributed by atoms with Gasteiger partial charge < -0.3 is 4.57 Å². The molecule has 2 amide bonds. The number of halogens is 1. The van der Waals surface area contributed by atoms with Gasteiger partial charge in [0.05, 0.1) is 4.91 Å². The molecular weight excluding hydrogens is 363 g/mol. The van der Waals surface area contributed by atoms with E-state index in [9.17, 15) is 14.0 Å². The van der Waals surface area contributed by atoms with Gasteiger partial charge in [0.15, 0.2) is 0 Å². The molecule has 4 rings (SSSR count). The zero-order chi connectivity index (χ0) is 18.8. The number of amides is 2. The summed E-state index contributed by atoms with van der Waals surface area (Å²) in [6, 6.07) is 9.90. The fourth-order valence-corrected chi connectivity index (χ4v) is 4.60. The summed E-state index contributed by atoms with van der Waals surface area (Å²) in [6.07, 6.45) is 9.39. The van der Waals surface area contributed by atoms with Crippen LogP contribution in [0, 0.1) is 11.7 Å². The number of hydrogen-bond donors (Lipinski definition) is 0. The van der Waals surface area contributed by atoms with Crippen LogP contribution in [0.25, 0.3) is 11.8 Å². The van der Waals surface area contributed by atoms with E-state index in [1.807, 2.05) is 22.9 Å². The van der Waals surface area contributed by atoms with Gasteiger partial charge in [-0.3, -0.25) is 14.5 Å². The van der Waals surface area contributed by atoms with Gasteiger partial charge in [-0.1, -0.05) is 19.3 Å². The monoisotopic (exact) mass is 384 g/mol. The summed E-state index contributed by atoms with van der Waals surface area (Å²) in [5, 5.41) is -0.184. The minimum absolute atomic E-state index is 0.184. The summed E-state index contributed by atoms with van der Waals surface area (Å²) >= 11 is 1.00. The first-order valence-electron chi connectivity index (χ1n) is 9.30. The van der Waals surface area contributed by atoms with E-state index >= 15 is 0 Å². The molecule has 140 valence electrons. The summed E-state index contributed by atoms with van der Waals surface area (Å²) < 4.78 is 15.0. The number of imide groups is 1. The number of thioether (sulfide) groups is 1. The number of rotatable bonds is 4. The van der Waals surface area contributed by atoms with Crippen molar-refractivity contribution in [3.05, 3.63) is 59.0 Å². The van der Waals surface area contributed by atoms with Gasteiger partial charge in [-0.15, -0.1) is 0 Å². The number of hydrogen-bond acceptors (Lipinski definition) is 3. The van der Waals surface area contributed by atoms with E-state index in [1.165, 1.54) is 36.3 Å². The Labute approximate surface area is 162 Å². The summed E-state index contributed by atoms with van der Waals surface area (Å²) in [5.74, 6) is -0.0756. The van der Waals surface area contributed by atoms with Crippen molar-refractivity contribution in [1.29, 1.82) is 0 Å². The number of aromatic nitrogens is 1. The highest BCUT2D eigenvalue weighted by Gasteiger charge is 2.36. The lowest BCUT2D eigenvalue weighted by molar-refractivity contribution is -0.123. The highest BCUT2D eigenvalue weighted by Crippen LogP contribution is 2.35. The summed E-state index contributed by atoms with van der Waals surface area (Å²) in [7, 11) is 0. The lowest BCUT2D eigenvalue weighted by Gasteiger charge is -2.25. The number of nitrogens with zero attached hydrogens (tertiary/aromatic N) is 2. The second kappa shape index (κ2) is 7.72. The summed E-state index contributed by atoms with van der Waals surface area (Å²) in [5.41, 5.74) is 1.58. The lowest BCUT2D eigenvalue weighted by atomic mass is 9.89. The van der Waals surface area contributed by atoms with E-state index in [1.54, 1.807) is 18.2 Å². The molecular formula is C21H21FN2O2S. The molecule has 1 saturated carbocycles. The zero-order valence-corrected chi connectivity index (χ0v) is 15.8. The van der Waals surface area contributed by atoms with Crippen LogP contribution >= 0.6 is 11.8 Å². The Morgan fingerprint density at radius 3 is 2.56 bits per heavy atom. The van der Waals surface area contributed by atoms with Crippen LogP contribution in [0.4, 0.5) is 9.18 Å². The van der Waals surface area contributed by atoms with Crippen molar-refractivity contribution in [2.45, 2.75) is 32.1 Å². The van der Waals surface area contributed by atoms with Crippen molar-refractivity contribution < 1.29 is 14.0 Å². The molecule has 0 unspecified atom stereocenters. The maximum absolute atomic E-state index is 13.2. The fraction of sp³-hybridized carbons (Fsp3) is 0.333. The van der Waals surface area contributed by atoms with E-state index in [2.05, 4.69) is 0 Å². The molecule has 1 aliphatic carbocycles. The Morgan fingerprint density at radius 1 is 1.07 bits per heavy atom. The van der Waals surface area contributed by atoms with Gasteiger partial charge in [0.25, 0.3) is 11.1 Å². The normalized spacial score (nSPS) is 20.0. The SMILES string of the molecule is O=C1S/C(=C/c2cccn2-c2ccc(F)cc2)C(=O)N1CC1CCCCC1. The molecule has 2 aliphatic rings. The first-order chi connectivity index (χ1) is 13.1. The van der Waals surface area contributed by atoms with Crippen LogP contribution in [-0.2, 0) is 4.79 Å². The molecule has 0 atom stereocenters. The molecule has 0 N–H and O–H groups in total. The highest BCUT2D eigenvalue weighted by atomic mass is 32.2. The van der Waals surface area contributed by atoms with Crippen LogP contribution in [0.3, 0.4) is 0 Å². The minimum atomic E-state index is -0.295. The quantitative estimate of drug-likeness (QED) is 0.678. The van der Waals surface area contributed by atoms with Crippen LogP contribution in [0.5, 0.6) is 0 Å². The Hall–Kier alpha value is -2.34. The molecule has 1 aromatic carbocycles. The Kier molecular flexibility index (Phi) is 5.16. The van der Waals surface area contributed by atoms with Crippen LogP contribution in [0.15, 0.2) is 47.5 Å². The van der Waals surface area contributed by atoms with Gasteiger partial charge in [-0.2, -0.15) is 0 Å². The zero-order valence-electron chi connectivity index (χ0n) is 14.9. The third-order valence-electron chi connectivity index (χ3n) is 5.20. The third kappa shape index (κ3) is 3.86. The molecule has 0 radical (unpaired) electrons. The van der Waals surface area contributed by atoms with E-state index in [4.69, 9.17) is 0 Å². The van der Waals surface area contributed by atoms with Crippen molar-refractivity contribution in [3.8, 4) is 5.69 Å². The van der Waals surface area contributed by atoms with Crippen LogP contribution in [0.2, 0.25) is 0 Å². The van der Waals surface area contributed by atoms with E-state index in [0.29, 0.717) is 17.4 Å². The number of benzene rings is 1. The van der Waals surface area contributed by atoms with E-state index < -0.39 is 0 Å². The molecule has 1 aromatic heterocycles. The van der Waals surface area contributed by atoms with Gasteiger partial charge in [0.2, 0.25) is 0 Å². The van der Waals surface area contributed by atoms with Crippen LogP contribution in [-0.4, -0.2) is 27.2 Å². The lowest BCUT2D eigenvalue weighted by Crippen LogP contribution is -2.34. The molecule has 2 heterocycles. The Morgan fingerprint density at radius 2 is 1.81 bits per heavy atom. The van der Waals surface area contributed by atoms with Gasteiger partial charge in [0, 0.05) is 24.1 Å². The molecule has 27 heavy (non-hydrogen) atoms. The van der Waals surface area contributed by atoms with Crippen LogP contribution < -0.4 is 0 Å². The Bertz CT molecular complexity index is 882. The average molecular weight is 384 g/mol. The molecule has 6 heteroatoms. The molecule has 1 aliphatic heterocycles. The van der Waals surface area contributed by atoms with E-state index in [0.717, 1.165) is 36.0 Å². The number of carbonyl (C=O) groups is 2. The van der Waals surface area contributed by atoms with Crippen molar-refractivity contribution >= 4 is 29.0 Å². The molecule has 0 spiro atoms. The topological polar surface area (TPSA) is 42.3 Å². The molecule has 4 nitrogen and oxygen atoms in total. The minimum Gasteiger partial charge on any atom is -0.317 e. The predicted octanol–water partition coefficient (Wildman–Crippen LogP) is 5.23. The predicted molar refractivity (Wildman–Crippen MR) is 105 cm³/mol. The van der Waals surface area contributed by atoms with E-state index in [-0.39, 0.29) is 17.0 Å². The Balaban J connectivity index is 1.55. The second-order valence-electron chi connectivity index (χ2n) is 7.08. The summed E-state index contributed by atoms with van der Waals surface area (Å²) in [6.45, 7) is 0.529. The highest BCUT2D eigenvalue weighted by molar-refractivity contribution is 8.18.